The van der Waals surface area contributed by atoms with E-state index in [-0.39, 0.29) is 6.04 Å². The lowest BCUT2D eigenvalue weighted by Crippen LogP contribution is -2.49. The number of carbonyl (C=O) groups is 2. The van der Waals surface area contributed by atoms with E-state index in [1.165, 1.54) is 18.1 Å². The van der Waals surface area contributed by atoms with Crippen LogP contribution in [0.1, 0.15) is 34.6 Å². The summed E-state index contributed by atoms with van der Waals surface area (Å²) in [5.74, 6) is -0.473. The molecule has 0 radical (unpaired) electrons. The fourth-order valence-electron chi connectivity index (χ4n) is 1.90. The van der Waals surface area contributed by atoms with Gasteiger partial charge in [-0.25, -0.2) is 9.59 Å². The van der Waals surface area contributed by atoms with Crippen LogP contribution in [0.2, 0.25) is 0 Å². The van der Waals surface area contributed by atoms with Crippen LogP contribution in [-0.2, 0) is 19.0 Å². The van der Waals surface area contributed by atoms with E-state index in [4.69, 9.17) is 9.47 Å². The highest BCUT2D eigenvalue weighted by molar-refractivity contribution is 5.82. The van der Waals surface area contributed by atoms with Crippen molar-refractivity contribution in [1.29, 1.82) is 0 Å². The van der Waals surface area contributed by atoms with Gasteiger partial charge in [0.05, 0.1) is 19.8 Å². The first-order chi connectivity index (χ1) is 9.07. The molecule has 1 fully saturated rings. The largest absolute Gasteiger partial charge is 0.466 e. The summed E-state index contributed by atoms with van der Waals surface area (Å²) >= 11 is 0. The summed E-state index contributed by atoms with van der Waals surface area (Å²) in [5.41, 5.74) is -1.38. The van der Waals surface area contributed by atoms with Crippen molar-refractivity contribution in [3.05, 3.63) is 12.2 Å². The van der Waals surface area contributed by atoms with E-state index in [0.29, 0.717) is 6.61 Å². The molecule has 0 aromatic rings. The van der Waals surface area contributed by atoms with Crippen LogP contribution in [0, 0.1) is 0 Å². The van der Waals surface area contributed by atoms with Crippen molar-refractivity contribution in [3.8, 4) is 0 Å². The number of methoxy groups -OCH3 is 1. The van der Waals surface area contributed by atoms with Gasteiger partial charge in [0.2, 0.25) is 0 Å². The second kappa shape index (κ2) is 5.83. The van der Waals surface area contributed by atoms with E-state index < -0.39 is 23.4 Å². The first kappa shape index (κ1) is 16.5. The molecule has 1 rings (SSSR count). The standard InChI is InChI=1S/C14H23NO5/c1-13(2,3)20-12(17)15-10(7-8-11(16)18-6)9-19-14(15,4)5/h7-8,10H,9H2,1-6H3/t10-/m0/s1. The van der Waals surface area contributed by atoms with E-state index in [9.17, 15) is 9.59 Å². The van der Waals surface area contributed by atoms with Crippen molar-refractivity contribution in [2.24, 2.45) is 0 Å². The average molecular weight is 285 g/mol. The van der Waals surface area contributed by atoms with E-state index >= 15 is 0 Å². The number of esters is 1. The fourth-order valence-corrected chi connectivity index (χ4v) is 1.90. The Morgan fingerprint density at radius 1 is 1.35 bits per heavy atom. The van der Waals surface area contributed by atoms with Crippen LogP contribution in [-0.4, -0.2) is 48.0 Å². The Labute approximate surface area is 119 Å². The third-order valence-corrected chi connectivity index (χ3v) is 2.76. The molecular formula is C14H23NO5. The summed E-state index contributed by atoms with van der Waals surface area (Å²) in [6.45, 7) is 9.27. The molecule has 0 unspecified atom stereocenters. The maximum Gasteiger partial charge on any atom is 0.413 e. The molecule has 0 aliphatic carbocycles. The minimum atomic E-state index is -0.784. The molecule has 0 saturated carbocycles. The van der Waals surface area contributed by atoms with Crippen LogP contribution in [0.4, 0.5) is 4.79 Å². The minimum absolute atomic E-state index is 0.305. The van der Waals surface area contributed by atoms with Gasteiger partial charge in [0.15, 0.2) is 0 Å². The summed E-state index contributed by atoms with van der Waals surface area (Å²) in [7, 11) is 1.30. The molecule has 1 aliphatic rings. The van der Waals surface area contributed by atoms with Crippen molar-refractivity contribution in [2.75, 3.05) is 13.7 Å². The predicted molar refractivity (Wildman–Crippen MR) is 73.0 cm³/mol. The Morgan fingerprint density at radius 2 is 1.95 bits per heavy atom. The molecule has 0 bridgehead atoms. The second-order valence-electron chi connectivity index (χ2n) is 6.06. The topological polar surface area (TPSA) is 65.1 Å². The highest BCUT2D eigenvalue weighted by Gasteiger charge is 2.44. The smallest absolute Gasteiger partial charge is 0.413 e. The zero-order chi connectivity index (χ0) is 15.6. The van der Waals surface area contributed by atoms with Gasteiger partial charge in [0.1, 0.15) is 11.3 Å². The zero-order valence-corrected chi connectivity index (χ0v) is 12.9. The molecule has 0 aromatic heterocycles. The summed E-state index contributed by atoms with van der Waals surface area (Å²) in [4.78, 5) is 24.9. The monoisotopic (exact) mass is 285 g/mol. The number of carbonyl (C=O) groups excluding carboxylic acids is 2. The quantitative estimate of drug-likeness (QED) is 0.574. The van der Waals surface area contributed by atoms with Crippen LogP contribution in [0.5, 0.6) is 0 Å². The highest BCUT2D eigenvalue weighted by atomic mass is 16.6. The van der Waals surface area contributed by atoms with Crippen molar-refractivity contribution in [1.82, 2.24) is 4.90 Å². The van der Waals surface area contributed by atoms with E-state index in [1.54, 1.807) is 40.7 Å². The van der Waals surface area contributed by atoms with Gasteiger partial charge in [0.25, 0.3) is 0 Å². The molecule has 20 heavy (non-hydrogen) atoms. The molecule has 0 spiro atoms. The van der Waals surface area contributed by atoms with E-state index in [0.717, 1.165) is 0 Å². The highest BCUT2D eigenvalue weighted by Crippen LogP contribution is 2.29. The molecule has 0 N–H and O–H groups in total. The Balaban J connectivity index is 2.88. The van der Waals surface area contributed by atoms with Crippen LogP contribution in [0.25, 0.3) is 0 Å². The van der Waals surface area contributed by atoms with E-state index in [1.807, 2.05) is 0 Å². The van der Waals surface area contributed by atoms with Crippen LogP contribution >= 0.6 is 0 Å². The SMILES string of the molecule is COC(=O)C=C[C@H]1COC(C)(C)N1C(=O)OC(C)(C)C. The number of hydrogen-bond donors (Lipinski definition) is 0. The fraction of sp³-hybridized carbons (Fsp3) is 0.714. The molecule has 1 saturated heterocycles. The lowest BCUT2D eigenvalue weighted by Gasteiger charge is -2.34. The third kappa shape index (κ3) is 4.23. The van der Waals surface area contributed by atoms with Gasteiger partial charge in [-0.2, -0.15) is 0 Å². The van der Waals surface area contributed by atoms with Gasteiger partial charge in [-0.15, -0.1) is 0 Å². The first-order valence-corrected chi connectivity index (χ1v) is 6.49. The lowest BCUT2D eigenvalue weighted by molar-refractivity contribution is -0.134. The first-order valence-electron chi connectivity index (χ1n) is 6.49. The number of ether oxygens (including phenoxy) is 3. The van der Waals surface area contributed by atoms with Crippen molar-refractivity contribution in [3.63, 3.8) is 0 Å². The Morgan fingerprint density at radius 3 is 2.45 bits per heavy atom. The zero-order valence-electron chi connectivity index (χ0n) is 12.9. The number of amides is 1. The normalized spacial score (nSPS) is 22.1. The van der Waals surface area contributed by atoms with Crippen LogP contribution in [0.3, 0.4) is 0 Å². The number of nitrogens with zero attached hydrogens (tertiary/aromatic N) is 1. The van der Waals surface area contributed by atoms with Crippen molar-refractivity contribution < 1.29 is 23.8 Å². The van der Waals surface area contributed by atoms with E-state index in [2.05, 4.69) is 4.74 Å². The Bertz CT molecular complexity index is 408. The minimum Gasteiger partial charge on any atom is -0.466 e. The molecule has 0 aromatic carbocycles. The maximum atomic E-state index is 12.3. The van der Waals surface area contributed by atoms with Crippen molar-refractivity contribution in [2.45, 2.75) is 52.0 Å². The maximum absolute atomic E-state index is 12.3. The lowest BCUT2D eigenvalue weighted by atomic mass is 10.2. The third-order valence-electron chi connectivity index (χ3n) is 2.76. The van der Waals surface area contributed by atoms with Gasteiger partial charge < -0.3 is 14.2 Å². The van der Waals surface area contributed by atoms with Crippen LogP contribution in [0.15, 0.2) is 12.2 Å². The molecular weight excluding hydrogens is 262 g/mol. The molecule has 114 valence electrons. The van der Waals surface area contributed by atoms with Gasteiger partial charge in [-0.05, 0) is 34.6 Å². The predicted octanol–water partition coefficient (Wildman–Crippen LogP) is 2.09. The van der Waals surface area contributed by atoms with Gasteiger partial charge in [-0.1, -0.05) is 6.08 Å². The second-order valence-corrected chi connectivity index (χ2v) is 6.06. The van der Waals surface area contributed by atoms with Crippen molar-refractivity contribution >= 4 is 12.1 Å². The number of hydrogen-bond acceptors (Lipinski definition) is 5. The molecule has 1 heterocycles. The molecule has 1 atom stereocenters. The van der Waals surface area contributed by atoms with Gasteiger partial charge in [0, 0.05) is 6.08 Å². The van der Waals surface area contributed by atoms with Crippen LogP contribution < -0.4 is 0 Å². The molecule has 6 nitrogen and oxygen atoms in total. The summed E-state index contributed by atoms with van der Waals surface area (Å²) < 4.78 is 15.5. The molecule has 1 aliphatic heterocycles. The summed E-state index contributed by atoms with van der Waals surface area (Å²) in [6, 6.07) is -0.362. The Kier molecular flexibility index (Phi) is 4.81. The molecule has 1 amide bonds. The number of rotatable bonds is 2. The van der Waals surface area contributed by atoms with Gasteiger partial charge in [-0.3, -0.25) is 4.90 Å². The van der Waals surface area contributed by atoms with Gasteiger partial charge >= 0.3 is 12.1 Å². The molecule has 6 heteroatoms. The Hall–Kier alpha value is -1.56. The summed E-state index contributed by atoms with van der Waals surface area (Å²) in [6.07, 6.45) is 2.40. The average Bonchev–Trinajstić information content (AvgIpc) is 2.59. The summed E-state index contributed by atoms with van der Waals surface area (Å²) in [5, 5.41) is 0.